The first-order chi connectivity index (χ1) is 8.06. The van der Waals surface area contributed by atoms with Crippen LogP contribution < -0.4 is 5.73 Å². The van der Waals surface area contributed by atoms with Gasteiger partial charge in [-0.15, -0.1) is 0 Å². The molecule has 5 nitrogen and oxygen atoms in total. The predicted octanol–water partition coefficient (Wildman–Crippen LogP) is 0.713. The van der Waals surface area contributed by atoms with Gasteiger partial charge in [-0.2, -0.15) is 5.10 Å². The zero-order chi connectivity index (χ0) is 12.4. The number of rotatable bonds is 4. The van der Waals surface area contributed by atoms with E-state index in [1.54, 1.807) is 6.33 Å². The molecule has 1 aliphatic heterocycles. The summed E-state index contributed by atoms with van der Waals surface area (Å²) in [5.74, 6) is 2.23. The van der Waals surface area contributed by atoms with Crippen LogP contribution in [0.15, 0.2) is 6.33 Å². The number of hydrogen-bond acceptors (Lipinski definition) is 4. The Morgan fingerprint density at radius 1 is 1.47 bits per heavy atom. The third-order valence-electron chi connectivity index (χ3n) is 3.34. The van der Waals surface area contributed by atoms with Crippen LogP contribution in [0.1, 0.15) is 26.6 Å². The average molecular weight is 237 g/mol. The first-order valence-corrected chi connectivity index (χ1v) is 6.41. The molecule has 1 aromatic heterocycles. The summed E-state index contributed by atoms with van der Waals surface area (Å²) in [4.78, 5) is 6.72. The van der Waals surface area contributed by atoms with E-state index in [0.717, 1.165) is 32.0 Å². The van der Waals surface area contributed by atoms with Crippen molar-refractivity contribution in [3.05, 3.63) is 12.2 Å². The zero-order valence-corrected chi connectivity index (χ0v) is 11.0. The lowest BCUT2D eigenvalue weighted by molar-refractivity contribution is 0.298. The van der Waals surface area contributed by atoms with E-state index >= 15 is 0 Å². The second kappa shape index (κ2) is 5.14. The van der Waals surface area contributed by atoms with Gasteiger partial charge in [-0.3, -0.25) is 4.90 Å². The molecule has 17 heavy (non-hydrogen) atoms. The fourth-order valence-electron chi connectivity index (χ4n) is 2.33. The van der Waals surface area contributed by atoms with Crippen molar-refractivity contribution in [2.24, 2.45) is 17.6 Å². The van der Waals surface area contributed by atoms with Gasteiger partial charge in [0.15, 0.2) is 0 Å². The Hall–Kier alpha value is -0.940. The summed E-state index contributed by atoms with van der Waals surface area (Å²) in [6.07, 6.45) is 1.65. The maximum absolute atomic E-state index is 6.03. The van der Waals surface area contributed by atoms with Crippen LogP contribution in [0.5, 0.6) is 0 Å². The van der Waals surface area contributed by atoms with Gasteiger partial charge >= 0.3 is 0 Å². The summed E-state index contributed by atoms with van der Waals surface area (Å²) in [5, 5.41) is 4.28. The second-order valence-corrected chi connectivity index (χ2v) is 5.59. The van der Waals surface area contributed by atoms with E-state index in [0.29, 0.717) is 17.9 Å². The molecule has 1 aromatic rings. The van der Waals surface area contributed by atoms with Crippen LogP contribution in [0.4, 0.5) is 0 Å². The molecule has 2 heterocycles. The quantitative estimate of drug-likeness (QED) is 0.838. The van der Waals surface area contributed by atoms with Crippen molar-refractivity contribution in [2.45, 2.75) is 39.9 Å². The fourth-order valence-corrected chi connectivity index (χ4v) is 2.33. The monoisotopic (exact) mass is 237 g/mol. The summed E-state index contributed by atoms with van der Waals surface area (Å²) >= 11 is 0. The summed E-state index contributed by atoms with van der Waals surface area (Å²) in [6, 6.07) is 0.302. The van der Waals surface area contributed by atoms with Gasteiger partial charge in [0.05, 0.1) is 6.54 Å². The highest BCUT2D eigenvalue weighted by Crippen LogP contribution is 2.16. The first kappa shape index (κ1) is 12.5. The van der Waals surface area contributed by atoms with Crippen LogP contribution in [0.2, 0.25) is 0 Å². The van der Waals surface area contributed by atoms with Gasteiger partial charge in [0.25, 0.3) is 0 Å². The molecule has 2 atom stereocenters. The predicted molar refractivity (Wildman–Crippen MR) is 67.3 cm³/mol. The van der Waals surface area contributed by atoms with E-state index in [4.69, 9.17) is 5.73 Å². The van der Waals surface area contributed by atoms with Crippen LogP contribution in [-0.2, 0) is 13.1 Å². The molecule has 0 saturated carbocycles. The lowest BCUT2D eigenvalue weighted by Crippen LogP contribution is -2.29. The van der Waals surface area contributed by atoms with Crippen molar-refractivity contribution < 1.29 is 0 Å². The minimum atomic E-state index is 0.302. The average Bonchev–Trinajstić information content (AvgIpc) is 2.76. The van der Waals surface area contributed by atoms with E-state index in [2.05, 4.69) is 35.8 Å². The van der Waals surface area contributed by atoms with Gasteiger partial charge in [0.1, 0.15) is 12.2 Å². The Labute approximate surface area is 103 Å². The minimum absolute atomic E-state index is 0.302. The smallest absolute Gasteiger partial charge is 0.141 e. The third kappa shape index (κ3) is 3.04. The molecule has 5 heteroatoms. The molecule has 0 aliphatic carbocycles. The van der Waals surface area contributed by atoms with Gasteiger partial charge < -0.3 is 5.73 Å². The third-order valence-corrected chi connectivity index (χ3v) is 3.34. The minimum Gasteiger partial charge on any atom is -0.326 e. The largest absolute Gasteiger partial charge is 0.326 e. The normalized spacial score (nSPS) is 25.9. The lowest BCUT2D eigenvalue weighted by Gasteiger charge is -2.15. The van der Waals surface area contributed by atoms with Crippen molar-refractivity contribution >= 4 is 0 Å². The molecule has 0 bridgehead atoms. The molecule has 0 spiro atoms. The van der Waals surface area contributed by atoms with Crippen LogP contribution in [0.25, 0.3) is 0 Å². The maximum atomic E-state index is 6.03. The van der Waals surface area contributed by atoms with Gasteiger partial charge in [-0.1, -0.05) is 20.8 Å². The van der Waals surface area contributed by atoms with Gasteiger partial charge in [0, 0.05) is 25.7 Å². The standard InChI is InChI=1S/C12H23N5/c1-9(2)4-17-12(14-8-15-17)7-16-5-10(3)11(13)6-16/h8-11H,4-7,13H2,1-3H3. The summed E-state index contributed by atoms with van der Waals surface area (Å²) < 4.78 is 2.01. The topological polar surface area (TPSA) is 60.0 Å². The lowest BCUT2D eigenvalue weighted by atomic mass is 10.1. The second-order valence-electron chi connectivity index (χ2n) is 5.59. The Balaban J connectivity index is 1.97. The Bertz CT molecular complexity index is 350. The molecule has 2 rings (SSSR count). The van der Waals surface area contributed by atoms with Crippen molar-refractivity contribution in [1.82, 2.24) is 19.7 Å². The summed E-state index contributed by atoms with van der Waals surface area (Å²) in [7, 11) is 0. The van der Waals surface area contributed by atoms with E-state index in [-0.39, 0.29) is 0 Å². The van der Waals surface area contributed by atoms with Crippen LogP contribution in [0.3, 0.4) is 0 Å². The SMILES string of the molecule is CC(C)Cn1ncnc1CN1CC(C)C(N)C1. The highest BCUT2D eigenvalue weighted by molar-refractivity contribution is 4.90. The van der Waals surface area contributed by atoms with Crippen LogP contribution in [-0.4, -0.2) is 38.8 Å². The molecule has 96 valence electrons. The van der Waals surface area contributed by atoms with Gasteiger partial charge in [-0.05, 0) is 11.8 Å². The molecule has 0 radical (unpaired) electrons. The van der Waals surface area contributed by atoms with Gasteiger partial charge in [-0.25, -0.2) is 9.67 Å². The van der Waals surface area contributed by atoms with Crippen molar-refractivity contribution in [3.8, 4) is 0 Å². The Morgan fingerprint density at radius 2 is 2.24 bits per heavy atom. The maximum Gasteiger partial charge on any atom is 0.141 e. The van der Waals surface area contributed by atoms with E-state index < -0.39 is 0 Å². The van der Waals surface area contributed by atoms with E-state index in [1.165, 1.54) is 0 Å². The highest BCUT2D eigenvalue weighted by atomic mass is 15.4. The fraction of sp³-hybridized carbons (Fsp3) is 0.833. The number of nitrogens with two attached hydrogens (primary N) is 1. The molecule has 1 aliphatic rings. The van der Waals surface area contributed by atoms with Crippen LogP contribution >= 0.6 is 0 Å². The summed E-state index contributed by atoms with van der Waals surface area (Å²) in [5.41, 5.74) is 6.03. The molecule has 1 saturated heterocycles. The van der Waals surface area contributed by atoms with E-state index in [1.807, 2.05) is 4.68 Å². The first-order valence-electron chi connectivity index (χ1n) is 6.41. The Kier molecular flexibility index (Phi) is 3.79. The molecule has 1 fully saturated rings. The Morgan fingerprint density at radius 3 is 2.82 bits per heavy atom. The van der Waals surface area contributed by atoms with Gasteiger partial charge in [0.2, 0.25) is 0 Å². The van der Waals surface area contributed by atoms with Crippen molar-refractivity contribution in [3.63, 3.8) is 0 Å². The molecular formula is C12H23N5. The molecular weight excluding hydrogens is 214 g/mol. The van der Waals surface area contributed by atoms with Crippen molar-refractivity contribution in [2.75, 3.05) is 13.1 Å². The molecule has 0 amide bonds. The summed E-state index contributed by atoms with van der Waals surface area (Å²) in [6.45, 7) is 10.4. The number of hydrogen-bond donors (Lipinski definition) is 1. The van der Waals surface area contributed by atoms with Crippen LogP contribution in [0, 0.1) is 11.8 Å². The van der Waals surface area contributed by atoms with E-state index in [9.17, 15) is 0 Å². The number of nitrogens with zero attached hydrogens (tertiary/aromatic N) is 4. The molecule has 2 N–H and O–H groups in total. The van der Waals surface area contributed by atoms with Crippen molar-refractivity contribution in [1.29, 1.82) is 0 Å². The highest BCUT2D eigenvalue weighted by Gasteiger charge is 2.27. The zero-order valence-electron chi connectivity index (χ0n) is 11.0. The molecule has 0 aromatic carbocycles. The number of aromatic nitrogens is 3. The number of likely N-dealkylation sites (tertiary alicyclic amines) is 1. The molecule has 2 unspecified atom stereocenters.